The fraction of sp³-hybridized carbons (Fsp3) is 0.148. The standard InChI is InChI=1S/C27H22Cl2N4O2S/c28-19-10-9-17(16-20(19)29)22-11-12-23(35-22)26-25(21-8-4-5-14-30-21)32-27(36)33(26)15-13-24(34)31-18-6-2-1-3-7-18/h1-12,14,16,25-26H,13,15H2,(H,31,34)(H,32,36)/t25-,26-/m0/s1. The number of benzene rings is 2. The van der Waals surface area contributed by atoms with Crippen LogP contribution in [0.25, 0.3) is 11.3 Å². The first kappa shape index (κ1) is 24.3. The van der Waals surface area contributed by atoms with Crippen molar-refractivity contribution in [1.82, 2.24) is 15.2 Å². The molecule has 1 amide bonds. The van der Waals surface area contributed by atoms with E-state index in [4.69, 9.17) is 39.8 Å². The normalized spacial score (nSPS) is 17.2. The second-order valence-electron chi connectivity index (χ2n) is 8.32. The minimum absolute atomic E-state index is 0.0972. The highest BCUT2D eigenvalue weighted by Gasteiger charge is 2.41. The van der Waals surface area contributed by atoms with Crippen LogP contribution in [0.1, 0.15) is 30.0 Å². The maximum absolute atomic E-state index is 12.7. The lowest BCUT2D eigenvalue weighted by Gasteiger charge is -2.25. The van der Waals surface area contributed by atoms with Crippen LogP contribution in [0.15, 0.2) is 89.5 Å². The Balaban J connectivity index is 1.41. The number of hydrogen-bond acceptors (Lipinski definition) is 4. The van der Waals surface area contributed by atoms with E-state index in [0.717, 1.165) is 16.9 Å². The Bertz CT molecular complexity index is 1380. The zero-order chi connectivity index (χ0) is 25.1. The van der Waals surface area contributed by atoms with Gasteiger partial charge in [0.05, 0.1) is 21.8 Å². The van der Waals surface area contributed by atoms with Crippen LogP contribution in [0.4, 0.5) is 5.69 Å². The number of halogens is 2. The Hall–Kier alpha value is -3.39. The largest absolute Gasteiger partial charge is 0.459 e. The van der Waals surface area contributed by atoms with Crippen LogP contribution in [-0.2, 0) is 4.79 Å². The molecule has 36 heavy (non-hydrogen) atoms. The number of pyridine rings is 1. The van der Waals surface area contributed by atoms with Gasteiger partial charge in [-0.1, -0.05) is 47.5 Å². The summed E-state index contributed by atoms with van der Waals surface area (Å²) in [5, 5.41) is 7.77. The van der Waals surface area contributed by atoms with Crippen LogP contribution in [0.2, 0.25) is 10.0 Å². The molecule has 0 spiro atoms. The molecule has 5 rings (SSSR count). The molecule has 6 nitrogen and oxygen atoms in total. The highest BCUT2D eigenvalue weighted by molar-refractivity contribution is 7.80. The molecule has 0 unspecified atom stereocenters. The van der Waals surface area contributed by atoms with Gasteiger partial charge < -0.3 is 20.0 Å². The van der Waals surface area contributed by atoms with Crippen molar-refractivity contribution in [2.45, 2.75) is 18.5 Å². The van der Waals surface area contributed by atoms with E-state index in [1.807, 2.05) is 71.6 Å². The second-order valence-corrected chi connectivity index (χ2v) is 9.52. The average Bonchev–Trinajstić information content (AvgIpc) is 3.50. The molecule has 2 aromatic carbocycles. The maximum Gasteiger partial charge on any atom is 0.226 e. The fourth-order valence-electron chi connectivity index (χ4n) is 4.24. The Morgan fingerprint density at radius 2 is 1.83 bits per heavy atom. The summed E-state index contributed by atoms with van der Waals surface area (Å²) in [7, 11) is 0. The van der Waals surface area contributed by atoms with Crippen LogP contribution in [-0.4, -0.2) is 27.4 Å². The Morgan fingerprint density at radius 3 is 2.58 bits per heavy atom. The molecular formula is C27H22Cl2N4O2S. The van der Waals surface area contributed by atoms with Gasteiger partial charge in [-0.3, -0.25) is 9.78 Å². The summed E-state index contributed by atoms with van der Waals surface area (Å²) in [6.07, 6.45) is 2.00. The van der Waals surface area contributed by atoms with Crippen molar-refractivity contribution in [1.29, 1.82) is 0 Å². The van der Waals surface area contributed by atoms with E-state index in [1.54, 1.807) is 18.3 Å². The van der Waals surface area contributed by atoms with Gasteiger partial charge >= 0.3 is 0 Å². The molecule has 1 fully saturated rings. The van der Waals surface area contributed by atoms with Gasteiger partial charge in [0.2, 0.25) is 5.91 Å². The first-order valence-corrected chi connectivity index (χ1v) is 12.5. The van der Waals surface area contributed by atoms with Gasteiger partial charge in [0.15, 0.2) is 5.11 Å². The molecule has 0 saturated carbocycles. The molecule has 9 heteroatoms. The second kappa shape index (κ2) is 10.7. The Morgan fingerprint density at radius 1 is 1.03 bits per heavy atom. The lowest BCUT2D eigenvalue weighted by molar-refractivity contribution is -0.116. The number of carbonyl (C=O) groups is 1. The molecule has 1 aliphatic rings. The first-order valence-electron chi connectivity index (χ1n) is 11.4. The molecule has 182 valence electrons. The van der Waals surface area contributed by atoms with Gasteiger partial charge in [-0.05, 0) is 66.8 Å². The lowest BCUT2D eigenvalue weighted by Crippen LogP contribution is -2.32. The van der Waals surface area contributed by atoms with Gasteiger partial charge in [0.25, 0.3) is 0 Å². The average molecular weight is 537 g/mol. The molecule has 2 N–H and O–H groups in total. The minimum Gasteiger partial charge on any atom is -0.459 e. The number of furan rings is 1. The number of nitrogens with one attached hydrogen (secondary N) is 2. The van der Waals surface area contributed by atoms with E-state index in [9.17, 15) is 4.79 Å². The number of amides is 1. The predicted octanol–water partition coefficient (Wildman–Crippen LogP) is 6.65. The van der Waals surface area contributed by atoms with Gasteiger partial charge in [-0.2, -0.15) is 0 Å². The van der Waals surface area contributed by atoms with E-state index in [-0.39, 0.29) is 24.4 Å². The lowest BCUT2D eigenvalue weighted by atomic mass is 10.0. The van der Waals surface area contributed by atoms with Crippen molar-refractivity contribution in [2.24, 2.45) is 0 Å². The SMILES string of the molecule is O=C(CCN1C(=S)N[C@@H](c2ccccn2)[C@@H]1c1ccc(-c2ccc(Cl)c(Cl)c2)o1)Nc1ccccc1. The molecule has 2 atom stereocenters. The van der Waals surface area contributed by atoms with Crippen molar-refractivity contribution < 1.29 is 9.21 Å². The molecule has 2 aromatic heterocycles. The summed E-state index contributed by atoms with van der Waals surface area (Å²) in [4.78, 5) is 19.2. The van der Waals surface area contributed by atoms with E-state index < -0.39 is 0 Å². The summed E-state index contributed by atoms with van der Waals surface area (Å²) in [6, 6.07) is 23.8. The summed E-state index contributed by atoms with van der Waals surface area (Å²) in [6.45, 7) is 0.404. The van der Waals surface area contributed by atoms with Crippen LogP contribution in [0.5, 0.6) is 0 Å². The molecular weight excluding hydrogens is 515 g/mol. The summed E-state index contributed by atoms with van der Waals surface area (Å²) >= 11 is 18.0. The quantitative estimate of drug-likeness (QED) is 0.257. The highest BCUT2D eigenvalue weighted by Crippen LogP contribution is 2.41. The van der Waals surface area contributed by atoms with Crippen molar-refractivity contribution >= 4 is 52.1 Å². The maximum atomic E-state index is 12.7. The Labute approximate surface area is 224 Å². The number of nitrogens with zero attached hydrogens (tertiary/aromatic N) is 2. The summed E-state index contributed by atoms with van der Waals surface area (Å²) in [5.74, 6) is 1.26. The fourth-order valence-corrected chi connectivity index (χ4v) is 4.87. The molecule has 0 aliphatic carbocycles. The number of para-hydroxylation sites is 1. The smallest absolute Gasteiger partial charge is 0.226 e. The molecule has 1 aliphatic heterocycles. The van der Waals surface area contributed by atoms with Crippen molar-refractivity contribution in [3.05, 3.63) is 107 Å². The number of rotatable bonds is 7. The number of hydrogen-bond donors (Lipinski definition) is 2. The van der Waals surface area contributed by atoms with Gasteiger partial charge in [-0.25, -0.2) is 0 Å². The highest BCUT2D eigenvalue weighted by atomic mass is 35.5. The van der Waals surface area contributed by atoms with Crippen LogP contribution < -0.4 is 10.6 Å². The number of aromatic nitrogens is 1. The van der Waals surface area contributed by atoms with E-state index in [2.05, 4.69) is 15.6 Å². The van der Waals surface area contributed by atoms with Gasteiger partial charge in [0.1, 0.15) is 17.6 Å². The van der Waals surface area contributed by atoms with Gasteiger partial charge in [0, 0.05) is 30.4 Å². The molecule has 1 saturated heterocycles. The topological polar surface area (TPSA) is 70.4 Å². The van der Waals surface area contributed by atoms with Crippen LogP contribution in [0.3, 0.4) is 0 Å². The Kier molecular flexibility index (Phi) is 7.23. The monoisotopic (exact) mass is 536 g/mol. The van der Waals surface area contributed by atoms with E-state index in [1.165, 1.54) is 0 Å². The molecule has 0 radical (unpaired) electrons. The van der Waals surface area contributed by atoms with Crippen molar-refractivity contribution in [3.8, 4) is 11.3 Å². The number of anilines is 1. The van der Waals surface area contributed by atoms with Crippen molar-refractivity contribution in [2.75, 3.05) is 11.9 Å². The van der Waals surface area contributed by atoms with Crippen LogP contribution in [0, 0.1) is 0 Å². The summed E-state index contributed by atoms with van der Waals surface area (Å²) in [5.41, 5.74) is 2.39. The first-order chi connectivity index (χ1) is 17.5. The van der Waals surface area contributed by atoms with Crippen molar-refractivity contribution in [3.63, 3.8) is 0 Å². The minimum atomic E-state index is -0.298. The zero-order valence-electron chi connectivity index (χ0n) is 19.0. The molecule has 4 aromatic rings. The number of thiocarbonyl (C=S) groups is 1. The van der Waals surface area contributed by atoms with E-state index >= 15 is 0 Å². The zero-order valence-corrected chi connectivity index (χ0v) is 21.4. The molecule has 0 bridgehead atoms. The molecule has 3 heterocycles. The predicted molar refractivity (Wildman–Crippen MR) is 146 cm³/mol. The third kappa shape index (κ3) is 5.23. The van der Waals surface area contributed by atoms with E-state index in [0.29, 0.717) is 33.2 Å². The van der Waals surface area contributed by atoms with Crippen LogP contribution >= 0.6 is 35.4 Å². The third-order valence-corrected chi connectivity index (χ3v) is 7.05. The van der Waals surface area contributed by atoms with Gasteiger partial charge in [-0.15, -0.1) is 0 Å². The number of carbonyl (C=O) groups excluding carboxylic acids is 1. The third-order valence-electron chi connectivity index (χ3n) is 5.96. The summed E-state index contributed by atoms with van der Waals surface area (Å²) < 4.78 is 6.31.